The maximum Gasteiger partial charge on any atom is 0.434 e. The van der Waals surface area contributed by atoms with Gasteiger partial charge in [-0.3, -0.25) is 9.78 Å². The van der Waals surface area contributed by atoms with Gasteiger partial charge >= 0.3 is 5.76 Å². The third kappa shape index (κ3) is 3.72. The molecule has 3 N–H and O–H groups in total. The second-order valence-corrected chi connectivity index (χ2v) is 7.71. The van der Waals surface area contributed by atoms with Gasteiger partial charge in [0.05, 0.1) is 6.04 Å². The Morgan fingerprint density at radius 2 is 1.91 bits per heavy atom. The lowest BCUT2D eigenvalue weighted by Gasteiger charge is -2.22. The zero-order valence-corrected chi connectivity index (χ0v) is 17.2. The van der Waals surface area contributed by atoms with E-state index in [1.807, 2.05) is 54.6 Å². The molecule has 8 nitrogen and oxygen atoms in total. The van der Waals surface area contributed by atoms with E-state index < -0.39 is 11.8 Å². The summed E-state index contributed by atoms with van der Waals surface area (Å²) < 4.78 is 5.25. The molecular weight excluding hydrogens is 406 g/mol. The third-order valence-electron chi connectivity index (χ3n) is 5.67. The molecule has 1 atom stereocenters. The Morgan fingerprint density at radius 3 is 2.62 bits per heavy atom. The number of nitrogens with zero attached hydrogens (tertiary/aromatic N) is 3. The SMILES string of the molecule is N[C@@H](Cc1ccccc1)C(=O)N1CCc2c(-c3n[nH]c(=O)o3)cc(-c3ccncc3)cc21. The molecule has 0 bridgehead atoms. The van der Waals surface area contributed by atoms with Crippen molar-refractivity contribution in [3.8, 4) is 22.6 Å². The van der Waals surface area contributed by atoms with Crippen LogP contribution in [-0.2, 0) is 17.6 Å². The molecule has 32 heavy (non-hydrogen) atoms. The van der Waals surface area contributed by atoms with Crippen molar-refractivity contribution in [1.82, 2.24) is 15.2 Å². The summed E-state index contributed by atoms with van der Waals surface area (Å²) in [7, 11) is 0. The average Bonchev–Trinajstić information content (AvgIpc) is 3.45. The standard InChI is InChI=1S/C24H21N5O3/c25-20(12-15-4-2-1-3-5-15)23(30)29-11-8-18-19(22-27-28-24(31)32-22)13-17(14-21(18)29)16-6-9-26-10-7-16/h1-7,9-10,13-14,20H,8,11-12,25H2,(H,28,31)/t20-/m0/s1. The molecule has 0 radical (unpaired) electrons. The van der Waals surface area contributed by atoms with Crippen molar-refractivity contribution in [2.45, 2.75) is 18.9 Å². The smallest absolute Gasteiger partial charge is 0.388 e. The van der Waals surface area contributed by atoms with E-state index >= 15 is 0 Å². The van der Waals surface area contributed by atoms with Crippen LogP contribution >= 0.6 is 0 Å². The number of hydrogen-bond donors (Lipinski definition) is 2. The van der Waals surface area contributed by atoms with Crippen LogP contribution < -0.4 is 16.4 Å². The quantitative estimate of drug-likeness (QED) is 0.505. The van der Waals surface area contributed by atoms with Gasteiger partial charge in [-0.1, -0.05) is 30.3 Å². The lowest BCUT2D eigenvalue weighted by atomic mass is 9.97. The number of carbonyl (C=O) groups is 1. The van der Waals surface area contributed by atoms with E-state index in [1.165, 1.54) is 0 Å². The maximum absolute atomic E-state index is 13.3. The second-order valence-electron chi connectivity index (χ2n) is 7.71. The van der Waals surface area contributed by atoms with E-state index in [4.69, 9.17) is 10.2 Å². The van der Waals surface area contributed by atoms with Crippen LogP contribution in [0.2, 0.25) is 0 Å². The minimum absolute atomic E-state index is 0.145. The summed E-state index contributed by atoms with van der Waals surface area (Å²) >= 11 is 0. The van der Waals surface area contributed by atoms with Gasteiger partial charge in [0.25, 0.3) is 0 Å². The van der Waals surface area contributed by atoms with Gasteiger partial charge < -0.3 is 15.1 Å². The van der Waals surface area contributed by atoms with Crippen molar-refractivity contribution >= 4 is 11.6 Å². The molecule has 0 spiro atoms. The number of nitrogens with one attached hydrogen (secondary N) is 1. The van der Waals surface area contributed by atoms with Crippen LogP contribution in [-0.4, -0.2) is 33.7 Å². The molecular formula is C24H21N5O3. The van der Waals surface area contributed by atoms with Crippen LogP contribution in [0.1, 0.15) is 11.1 Å². The van der Waals surface area contributed by atoms with Crippen LogP contribution in [0.15, 0.2) is 76.2 Å². The lowest BCUT2D eigenvalue weighted by Crippen LogP contribution is -2.44. The van der Waals surface area contributed by atoms with E-state index in [1.54, 1.807) is 17.3 Å². The van der Waals surface area contributed by atoms with Gasteiger partial charge in [0.1, 0.15) is 0 Å². The van der Waals surface area contributed by atoms with Crippen LogP contribution in [0.25, 0.3) is 22.6 Å². The Labute approximate surface area is 183 Å². The Balaban J connectivity index is 1.55. The van der Waals surface area contributed by atoms with Crippen LogP contribution in [0.5, 0.6) is 0 Å². The van der Waals surface area contributed by atoms with Gasteiger partial charge in [-0.25, -0.2) is 9.89 Å². The van der Waals surface area contributed by atoms with Crippen molar-refractivity contribution in [2.24, 2.45) is 5.73 Å². The lowest BCUT2D eigenvalue weighted by molar-refractivity contribution is -0.119. The van der Waals surface area contributed by atoms with Crippen molar-refractivity contribution in [1.29, 1.82) is 0 Å². The number of H-pyrrole nitrogens is 1. The number of aromatic nitrogens is 3. The molecule has 1 aliphatic heterocycles. The fraction of sp³-hybridized carbons (Fsp3) is 0.167. The molecule has 1 aliphatic rings. The topological polar surface area (TPSA) is 118 Å². The van der Waals surface area contributed by atoms with Gasteiger partial charge in [0.15, 0.2) is 0 Å². The summed E-state index contributed by atoms with van der Waals surface area (Å²) in [6.07, 6.45) is 4.48. The predicted octanol–water partition coefficient (Wildman–Crippen LogP) is 2.55. The first kappa shape index (κ1) is 19.9. The largest absolute Gasteiger partial charge is 0.434 e. The fourth-order valence-corrected chi connectivity index (χ4v) is 4.14. The first-order valence-electron chi connectivity index (χ1n) is 10.3. The molecule has 8 heteroatoms. The van der Waals surface area contributed by atoms with Crippen molar-refractivity contribution < 1.29 is 9.21 Å². The summed E-state index contributed by atoms with van der Waals surface area (Å²) in [6, 6.07) is 16.7. The van der Waals surface area contributed by atoms with E-state index in [-0.39, 0.29) is 11.8 Å². The highest BCUT2D eigenvalue weighted by Crippen LogP contribution is 2.39. The number of aromatic amines is 1. The first-order chi connectivity index (χ1) is 15.6. The zero-order chi connectivity index (χ0) is 22.1. The monoisotopic (exact) mass is 427 g/mol. The molecule has 1 amide bonds. The maximum atomic E-state index is 13.3. The van der Waals surface area contributed by atoms with E-state index in [0.29, 0.717) is 24.9 Å². The molecule has 0 aliphatic carbocycles. The highest BCUT2D eigenvalue weighted by Gasteiger charge is 2.32. The average molecular weight is 427 g/mol. The minimum atomic E-state index is -0.667. The fourth-order valence-electron chi connectivity index (χ4n) is 4.14. The Morgan fingerprint density at radius 1 is 1.12 bits per heavy atom. The highest BCUT2D eigenvalue weighted by molar-refractivity contribution is 6.01. The third-order valence-corrected chi connectivity index (χ3v) is 5.67. The summed E-state index contributed by atoms with van der Waals surface area (Å²) in [4.78, 5) is 30.7. The van der Waals surface area contributed by atoms with Crippen molar-refractivity contribution in [3.63, 3.8) is 0 Å². The number of nitrogens with two attached hydrogens (primary N) is 1. The normalized spacial score (nSPS) is 13.7. The van der Waals surface area contributed by atoms with Gasteiger partial charge in [-0.15, -0.1) is 5.10 Å². The summed E-state index contributed by atoms with van der Waals surface area (Å²) in [5.41, 5.74) is 11.5. The number of pyridine rings is 1. The van der Waals surface area contributed by atoms with E-state index in [2.05, 4.69) is 15.2 Å². The summed E-state index contributed by atoms with van der Waals surface area (Å²) in [6.45, 7) is 0.498. The van der Waals surface area contributed by atoms with Crippen LogP contribution in [0, 0.1) is 0 Å². The highest BCUT2D eigenvalue weighted by atomic mass is 16.4. The summed E-state index contributed by atoms with van der Waals surface area (Å²) in [5, 5.41) is 6.33. The zero-order valence-electron chi connectivity index (χ0n) is 17.2. The molecule has 4 aromatic rings. The Hall–Kier alpha value is -4.04. The molecule has 5 rings (SSSR count). The second kappa shape index (κ2) is 8.24. The van der Waals surface area contributed by atoms with Crippen LogP contribution in [0.4, 0.5) is 5.69 Å². The number of anilines is 1. The molecule has 3 heterocycles. The first-order valence-corrected chi connectivity index (χ1v) is 10.3. The van der Waals surface area contributed by atoms with Gasteiger partial charge in [0, 0.05) is 30.2 Å². The molecule has 0 fully saturated rings. The summed E-state index contributed by atoms with van der Waals surface area (Å²) in [5.74, 6) is -0.571. The number of fused-ring (bicyclic) bond motifs is 1. The molecule has 2 aromatic heterocycles. The van der Waals surface area contributed by atoms with Gasteiger partial charge in [-0.2, -0.15) is 0 Å². The molecule has 160 valence electrons. The number of benzene rings is 2. The van der Waals surface area contributed by atoms with E-state index in [9.17, 15) is 9.59 Å². The molecule has 0 saturated heterocycles. The Kier molecular flexibility index (Phi) is 5.12. The van der Waals surface area contributed by atoms with E-state index in [0.717, 1.165) is 27.9 Å². The minimum Gasteiger partial charge on any atom is -0.388 e. The van der Waals surface area contributed by atoms with Gasteiger partial charge in [0.2, 0.25) is 11.8 Å². The predicted molar refractivity (Wildman–Crippen MR) is 120 cm³/mol. The molecule has 0 unspecified atom stereocenters. The van der Waals surface area contributed by atoms with Crippen molar-refractivity contribution in [3.05, 3.63) is 88.7 Å². The van der Waals surface area contributed by atoms with Crippen LogP contribution in [0.3, 0.4) is 0 Å². The Bertz CT molecular complexity index is 1310. The number of amides is 1. The molecule has 0 saturated carbocycles. The van der Waals surface area contributed by atoms with Crippen molar-refractivity contribution in [2.75, 3.05) is 11.4 Å². The molecule has 2 aromatic carbocycles. The number of carbonyl (C=O) groups excluding carboxylic acids is 1. The van der Waals surface area contributed by atoms with Gasteiger partial charge in [-0.05, 0) is 59.4 Å². The number of rotatable bonds is 5. The number of hydrogen-bond acceptors (Lipinski definition) is 6.